The normalized spacial score (nSPS) is 11.0. The Morgan fingerprint density at radius 1 is 0.778 bits per heavy atom. The molecule has 0 aliphatic rings. The van der Waals surface area contributed by atoms with Gasteiger partial charge in [0.2, 0.25) is 0 Å². The molecule has 27 heavy (non-hydrogen) atoms. The van der Waals surface area contributed by atoms with E-state index in [4.69, 9.17) is 51.4 Å². The molecule has 0 fully saturated rings. The Morgan fingerprint density at radius 2 is 1.56 bits per heavy atom. The predicted molar refractivity (Wildman–Crippen MR) is 113 cm³/mol. The van der Waals surface area contributed by atoms with E-state index >= 15 is 0 Å². The maximum atomic E-state index is 6.43. The van der Waals surface area contributed by atoms with Gasteiger partial charge in [0.05, 0.1) is 37.7 Å². The van der Waals surface area contributed by atoms with Crippen molar-refractivity contribution >= 4 is 46.4 Å². The number of H-pyrrole nitrogens is 1. The summed E-state index contributed by atoms with van der Waals surface area (Å²) < 4.78 is 0. The van der Waals surface area contributed by atoms with Gasteiger partial charge in [-0.05, 0) is 42.5 Å². The molecule has 0 atom stereocenters. The first-order chi connectivity index (χ1) is 13.0. The summed E-state index contributed by atoms with van der Waals surface area (Å²) in [6.07, 6.45) is 1.71. The molecule has 0 bridgehead atoms. The van der Waals surface area contributed by atoms with Crippen LogP contribution in [0.2, 0.25) is 20.1 Å². The first kappa shape index (κ1) is 18.3. The highest BCUT2D eigenvalue weighted by atomic mass is 35.5. The minimum absolute atomic E-state index is 0.489. The molecule has 0 unspecified atom stereocenters. The summed E-state index contributed by atoms with van der Waals surface area (Å²) in [5.41, 5.74) is 3.43. The molecule has 3 nitrogen and oxygen atoms in total. The number of imidazole rings is 1. The molecule has 0 saturated carbocycles. The van der Waals surface area contributed by atoms with Gasteiger partial charge in [0.1, 0.15) is 5.82 Å². The first-order valence-corrected chi connectivity index (χ1v) is 9.47. The fourth-order valence-electron chi connectivity index (χ4n) is 2.79. The molecule has 2 aromatic heterocycles. The molecule has 0 aliphatic heterocycles. The van der Waals surface area contributed by atoms with Crippen LogP contribution >= 0.6 is 46.4 Å². The highest BCUT2D eigenvalue weighted by Crippen LogP contribution is 2.39. The Balaban J connectivity index is 1.99. The third-order valence-electron chi connectivity index (χ3n) is 4.01. The average molecular weight is 435 g/mol. The zero-order valence-corrected chi connectivity index (χ0v) is 16.7. The van der Waals surface area contributed by atoms with Crippen LogP contribution in [0.5, 0.6) is 0 Å². The molecule has 0 radical (unpaired) electrons. The van der Waals surface area contributed by atoms with Gasteiger partial charge in [0, 0.05) is 16.8 Å². The van der Waals surface area contributed by atoms with Gasteiger partial charge >= 0.3 is 0 Å². The van der Waals surface area contributed by atoms with Crippen LogP contribution < -0.4 is 0 Å². The van der Waals surface area contributed by atoms with E-state index in [-0.39, 0.29) is 0 Å². The standard InChI is InChI=1S/C20H11Cl4N3/c21-11-7-8-12(15(24)10-11)18-19(16-6-1-2-9-25-16)27-20(26-18)17-13(22)4-3-5-14(17)23/h1-10H,(H,26,27). The van der Waals surface area contributed by atoms with Gasteiger partial charge < -0.3 is 4.98 Å². The van der Waals surface area contributed by atoms with Gasteiger partial charge in [-0.25, -0.2) is 4.98 Å². The molecule has 2 heterocycles. The molecule has 4 aromatic rings. The largest absolute Gasteiger partial charge is 0.336 e. The number of nitrogens with zero attached hydrogens (tertiary/aromatic N) is 2. The lowest BCUT2D eigenvalue weighted by Crippen LogP contribution is -1.87. The number of pyridine rings is 1. The summed E-state index contributed by atoms with van der Waals surface area (Å²) >= 11 is 25.2. The summed E-state index contributed by atoms with van der Waals surface area (Å²) in [4.78, 5) is 12.5. The summed E-state index contributed by atoms with van der Waals surface area (Å²) in [7, 11) is 0. The highest BCUT2D eigenvalue weighted by Gasteiger charge is 2.20. The van der Waals surface area contributed by atoms with Crippen molar-refractivity contribution < 1.29 is 0 Å². The zero-order chi connectivity index (χ0) is 19.0. The van der Waals surface area contributed by atoms with Gasteiger partial charge in [-0.2, -0.15) is 0 Å². The van der Waals surface area contributed by atoms with E-state index in [1.54, 1.807) is 36.5 Å². The Bertz CT molecular complexity index is 1100. The summed E-state index contributed by atoms with van der Waals surface area (Å²) in [6, 6.07) is 16.2. The second-order valence-corrected chi connectivity index (χ2v) is 7.40. The van der Waals surface area contributed by atoms with Crippen LogP contribution in [0.4, 0.5) is 0 Å². The van der Waals surface area contributed by atoms with Crippen molar-refractivity contribution in [3.63, 3.8) is 0 Å². The minimum Gasteiger partial charge on any atom is -0.336 e. The van der Waals surface area contributed by atoms with E-state index < -0.39 is 0 Å². The monoisotopic (exact) mass is 433 g/mol. The molecule has 7 heteroatoms. The molecule has 134 valence electrons. The van der Waals surface area contributed by atoms with Gasteiger partial charge in [-0.1, -0.05) is 58.5 Å². The van der Waals surface area contributed by atoms with E-state index in [0.717, 1.165) is 11.3 Å². The van der Waals surface area contributed by atoms with Gasteiger partial charge in [0.15, 0.2) is 0 Å². The summed E-state index contributed by atoms with van der Waals surface area (Å²) in [6.45, 7) is 0. The van der Waals surface area contributed by atoms with Crippen LogP contribution in [0.25, 0.3) is 34.0 Å². The predicted octanol–water partition coefficient (Wildman–Crippen LogP) is 7.42. The Labute approximate surface area is 175 Å². The second-order valence-electron chi connectivity index (χ2n) is 5.74. The first-order valence-electron chi connectivity index (χ1n) is 7.96. The van der Waals surface area contributed by atoms with Crippen LogP contribution in [0, 0.1) is 0 Å². The van der Waals surface area contributed by atoms with Crippen LogP contribution in [0.1, 0.15) is 0 Å². The van der Waals surface area contributed by atoms with Crippen molar-refractivity contribution in [2.75, 3.05) is 0 Å². The number of aromatic amines is 1. The molecular weight excluding hydrogens is 424 g/mol. The molecule has 0 amide bonds. The SMILES string of the molecule is Clc1ccc(-c2nc(-c3c(Cl)cccc3Cl)[nH]c2-c2ccccn2)c(Cl)c1. The quantitative estimate of drug-likeness (QED) is 0.364. The Morgan fingerprint density at radius 3 is 2.22 bits per heavy atom. The lowest BCUT2D eigenvalue weighted by atomic mass is 10.1. The minimum atomic E-state index is 0.489. The highest BCUT2D eigenvalue weighted by molar-refractivity contribution is 6.39. The molecule has 0 aliphatic carbocycles. The lowest BCUT2D eigenvalue weighted by molar-refractivity contribution is 1.27. The van der Waals surface area contributed by atoms with Crippen molar-refractivity contribution in [3.05, 3.63) is 80.9 Å². The lowest BCUT2D eigenvalue weighted by Gasteiger charge is -2.05. The zero-order valence-electron chi connectivity index (χ0n) is 13.7. The second kappa shape index (κ2) is 7.53. The van der Waals surface area contributed by atoms with Gasteiger partial charge in [0.25, 0.3) is 0 Å². The number of nitrogens with one attached hydrogen (secondary N) is 1. The van der Waals surface area contributed by atoms with Crippen LogP contribution in [0.3, 0.4) is 0 Å². The number of hydrogen-bond acceptors (Lipinski definition) is 2. The smallest absolute Gasteiger partial charge is 0.141 e. The van der Waals surface area contributed by atoms with E-state index in [1.165, 1.54) is 0 Å². The molecule has 4 rings (SSSR count). The van der Waals surface area contributed by atoms with Crippen molar-refractivity contribution in [1.29, 1.82) is 0 Å². The number of benzene rings is 2. The fraction of sp³-hybridized carbons (Fsp3) is 0. The maximum absolute atomic E-state index is 6.43. The third-order valence-corrected chi connectivity index (χ3v) is 5.19. The topological polar surface area (TPSA) is 41.6 Å². The molecule has 2 aromatic carbocycles. The van der Waals surface area contributed by atoms with Crippen molar-refractivity contribution in [2.45, 2.75) is 0 Å². The molecule has 0 spiro atoms. The number of hydrogen-bond donors (Lipinski definition) is 1. The van der Waals surface area contributed by atoms with Gasteiger partial charge in [-0.3, -0.25) is 4.98 Å². The van der Waals surface area contributed by atoms with Gasteiger partial charge in [-0.15, -0.1) is 0 Å². The molecular formula is C20H11Cl4N3. The van der Waals surface area contributed by atoms with E-state index in [9.17, 15) is 0 Å². The van der Waals surface area contributed by atoms with Crippen LogP contribution in [0.15, 0.2) is 60.8 Å². The Hall–Kier alpha value is -2.04. The van der Waals surface area contributed by atoms with Crippen LogP contribution in [-0.4, -0.2) is 15.0 Å². The Kier molecular flexibility index (Phi) is 5.11. The van der Waals surface area contributed by atoms with Crippen molar-refractivity contribution in [3.8, 4) is 34.0 Å². The van der Waals surface area contributed by atoms with E-state index in [1.807, 2.05) is 24.3 Å². The van der Waals surface area contributed by atoms with Crippen molar-refractivity contribution in [1.82, 2.24) is 15.0 Å². The third kappa shape index (κ3) is 3.56. The number of rotatable bonds is 3. The van der Waals surface area contributed by atoms with E-state index in [0.29, 0.717) is 42.9 Å². The molecule has 1 N–H and O–H groups in total. The van der Waals surface area contributed by atoms with E-state index in [2.05, 4.69) is 9.97 Å². The van der Waals surface area contributed by atoms with Crippen molar-refractivity contribution in [2.24, 2.45) is 0 Å². The van der Waals surface area contributed by atoms with Crippen LogP contribution in [-0.2, 0) is 0 Å². The number of halogens is 4. The summed E-state index contributed by atoms with van der Waals surface area (Å²) in [5.74, 6) is 0.535. The maximum Gasteiger partial charge on any atom is 0.141 e. The number of aromatic nitrogens is 3. The fourth-order valence-corrected chi connectivity index (χ4v) is 3.86. The summed E-state index contributed by atoms with van der Waals surface area (Å²) in [5, 5.41) is 2.03. The molecule has 0 saturated heterocycles. The average Bonchev–Trinajstić information content (AvgIpc) is 3.07.